The molecule has 3 rings (SSSR count). The molecule has 1 aliphatic rings. The third-order valence-corrected chi connectivity index (χ3v) is 5.05. The molecule has 0 atom stereocenters. The molecule has 2 N–H and O–H groups in total. The van der Waals surface area contributed by atoms with Gasteiger partial charge in [0.05, 0.1) is 12.2 Å². The number of furan rings is 1. The maximum absolute atomic E-state index is 12.6. The molecule has 148 valence electrons. The van der Waals surface area contributed by atoms with Crippen LogP contribution in [0.5, 0.6) is 0 Å². The number of likely N-dealkylation sites (tertiary alicyclic amines) is 1. The number of carboxylic acid groups (broad SMARTS) is 1. The van der Waals surface area contributed by atoms with Crippen LogP contribution in [-0.2, 0) is 4.79 Å². The Morgan fingerprint density at radius 2 is 1.75 bits per heavy atom. The van der Waals surface area contributed by atoms with Gasteiger partial charge in [0.2, 0.25) is 0 Å². The highest BCUT2D eigenvalue weighted by Gasteiger charge is 2.27. The summed E-state index contributed by atoms with van der Waals surface area (Å²) < 4.78 is 5.31. The van der Waals surface area contributed by atoms with Crippen LogP contribution in [0.2, 0.25) is 0 Å². The van der Waals surface area contributed by atoms with Crippen molar-refractivity contribution in [3.8, 4) is 0 Å². The average molecular weight is 384 g/mol. The van der Waals surface area contributed by atoms with E-state index in [4.69, 9.17) is 9.52 Å². The van der Waals surface area contributed by atoms with Crippen molar-refractivity contribution < 1.29 is 23.9 Å². The van der Waals surface area contributed by atoms with E-state index in [0.717, 1.165) is 5.56 Å². The van der Waals surface area contributed by atoms with Crippen LogP contribution in [0.3, 0.4) is 0 Å². The molecule has 7 nitrogen and oxygen atoms in total. The van der Waals surface area contributed by atoms with Gasteiger partial charge >= 0.3 is 5.97 Å². The Balaban J connectivity index is 1.62. The molecule has 1 fully saturated rings. The molecule has 0 aliphatic carbocycles. The summed E-state index contributed by atoms with van der Waals surface area (Å²) in [4.78, 5) is 37.7. The van der Waals surface area contributed by atoms with E-state index in [0.29, 0.717) is 37.2 Å². The molecule has 1 aromatic heterocycles. The summed E-state index contributed by atoms with van der Waals surface area (Å²) >= 11 is 0. The van der Waals surface area contributed by atoms with E-state index in [-0.39, 0.29) is 29.4 Å². The Bertz CT molecular complexity index is 861. The molecule has 0 radical (unpaired) electrons. The van der Waals surface area contributed by atoms with Gasteiger partial charge in [-0.15, -0.1) is 0 Å². The van der Waals surface area contributed by atoms with Crippen LogP contribution in [0.4, 0.5) is 5.69 Å². The predicted octanol–water partition coefficient (Wildman–Crippen LogP) is 3.59. The first-order chi connectivity index (χ1) is 13.4. The number of aliphatic carboxylic acids is 1. The van der Waals surface area contributed by atoms with Gasteiger partial charge in [-0.25, -0.2) is 0 Å². The molecule has 7 heteroatoms. The van der Waals surface area contributed by atoms with E-state index < -0.39 is 5.97 Å². The Hall–Kier alpha value is -3.09. The second-order valence-corrected chi connectivity index (χ2v) is 7.30. The third kappa shape index (κ3) is 4.24. The number of nitrogens with zero attached hydrogens (tertiary/aromatic N) is 1. The van der Waals surface area contributed by atoms with Gasteiger partial charge in [0.25, 0.3) is 11.8 Å². The van der Waals surface area contributed by atoms with Crippen LogP contribution in [-0.4, -0.2) is 40.9 Å². The lowest BCUT2D eigenvalue weighted by molar-refractivity contribution is -0.143. The Morgan fingerprint density at radius 3 is 2.32 bits per heavy atom. The number of rotatable bonds is 5. The van der Waals surface area contributed by atoms with E-state index in [1.807, 2.05) is 13.8 Å². The molecular weight excluding hydrogens is 360 g/mol. The lowest BCUT2D eigenvalue weighted by Gasteiger charge is -2.30. The molecule has 0 spiro atoms. The van der Waals surface area contributed by atoms with Crippen molar-refractivity contribution in [2.24, 2.45) is 5.92 Å². The van der Waals surface area contributed by atoms with Gasteiger partial charge in [0.15, 0.2) is 5.76 Å². The number of amides is 2. The summed E-state index contributed by atoms with van der Waals surface area (Å²) in [6, 6.07) is 8.45. The topological polar surface area (TPSA) is 99.9 Å². The molecule has 2 aromatic rings. The molecule has 1 saturated heterocycles. The lowest BCUT2D eigenvalue weighted by Crippen LogP contribution is -2.40. The summed E-state index contributed by atoms with van der Waals surface area (Å²) in [7, 11) is 0. The zero-order valence-corrected chi connectivity index (χ0v) is 16.0. The number of hydrogen-bond donors (Lipinski definition) is 2. The fourth-order valence-electron chi connectivity index (χ4n) is 3.35. The second-order valence-electron chi connectivity index (χ2n) is 7.30. The average Bonchev–Trinajstić information content (AvgIpc) is 3.18. The highest BCUT2D eigenvalue weighted by molar-refractivity contribution is 6.03. The van der Waals surface area contributed by atoms with Crippen molar-refractivity contribution >= 4 is 23.5 Å². The monoisotopic (exact) mass is 384 g/mol. The largest absolute Gasteiger partial charge is 0.481 e. The summed E-state index contributed by atoms with van der Waals surface area (Å²) in [5, 5.41) is 11.8. The van der Waals surface area contributed by atoms with Gasteiger partial charge in [-0.2, -0.15) is 0 Å². The summed E-state index contributed by atoms with van der Waals surface area (Å²) in [6.07, 6.45) is 2.44. The molecule has 0 unspecified atom stereocenters. The standard InChI is InChI=1S/C21H24N2O5/c1-13(2)17-9-12-28-18(17)19(24)22-16-5-3-14(4-6-16)20(25)23-10-7-15(8-11-23)21(26)27/h3-6,9,12-13,15H,7-8,10-11H2,1-2H3,(H,22,24)(H,26,27). The third-order valence-electron chi connectivity index (χ3n) is 5.05. The Kier molecular flexibility index (Phi) is 5.82. The molecular formula is C21H24N2O5. The normalized spacial score (nSPS) is 14.9. The van der Waals surface area contributed by atoms with Crippen molar-refractivity contribution in [3.05, 3.63) is 53.5 Å². The Labute approximate surface area is 163 Å². The van der Waals surface area contributed by atoms with Crippen LogP contribution in [0.1, 0.15) is 59.1 Å². The van der Waals surface area contributed by atoms with E-state index in [1.165, 1.54) is 6.26 Å². The van der Waals surface area contributed by atoms with Gasteiger partial charge in [0, 0.05) is 29.9 Å². The van der Waals surface area contributed by atoms with Crippen molar-refractivity contribution in [2.75, 3.05) is 18.4 Å². The minimum absolute atomic E-state index is 0.130. The number of benzene rings is 1. The van der Waals surface area contributed by atoms with Gasteiger partial charge < -0.3 is 19.7 Å². The van der Waals surface area contributed by atoms with Crippen LogP contribution < -0.4 is 5.32 Å². The number of nitrogens with one attached hydrogen (secondary N) is 1. The first-order valence-corrected chi connectivity index (χ1v) is 9.37. The summed E-state index contributed by atoms with van der Waals surface area (Å²) in [6.45, 7) is 4.85. The fraction of sp³-hybridized carbons (Fsp3) is 0.381. The molecule has 0 bridgehead atoms. The maximum Gasteiger partial charge on any atom is 0.306 e. The number of carboxylic acids is 1. The van der Waals surface area contributed by atoms with Crippen molar-refractivity contribution in [2.45, 2.75) is 32.6 Å². The zero-order chi connectivity index (χ0) is 20.3. The highest BCUT2D eigenvalue weighted by Crippen LogP contribution is 2.23. The number of hydrogen-bond acceptors (Lipinski definition) is 4. The van der Waals surface area contributed by atoms with Crippen LogP contribution in [0, 0.1) is 5.92 Å². The molecule has 1 aliphatic heterocycles. The van der Waals surface area contributed by atoms with Crippen molar-refractivity contribution in [1.29, 1.82) is 0 Å². The molecule has 1 aromatic carbocycles. The number of carbonyl (C=O) groups excluding carboxylic acids is 2. The molecule has 0 saturated carbocycles. The van der Waals surface area contributed by atoms with Crippen LogP contribution in [0.25, 0.3) is 0 Å². The van der Waals surface area contributed by atoms with E-state index in [9.17, 15) is 14.4 Å². The molecule has 2 amide bonds. The van der Waals surface area contributed by atoms with E-state index >= 15 is 0 Å². The highest BCUT2D eigenvalue weighted by atomic mass is 16.4. The lowest BCUT2D eigenvalue weighted by atomic mass is 9.96. The number of anilines is 1. The van der Waals surface area contributed by atoms with Gasteiger partial charge in [-0.1, -0.05) is 13.8 Å². The Morgan fingerprint density at radius 1 is 1.11 bits per heavy atom. The van der Waals surface area contributed by atoms with E-state index in [1.54, 1.807) is 35.2 Å². The van der Waals surface area contributed by atoms with Gasteiger partial charge in [-0.3, -0.25) is 14.4 Å². The van der Waals surface area contributed by atoms with Crippen LogP contribution in [0.15, 0.2) is 41.0 Å². The maximum atomic E-state index is 12.6. The summed E-state index contributed by atoms with van der Waals surface area (Å²) in [5.41, 5.74) is 1.92. The van der Waals surface area contributed by atoms with E-state index in [2.05, 4.69) is 5.32 Å². The first-order valence-electron chi connectivity index (χ1n) is 9.37. The number of piperidine rings is 1. The van der Waals surface area contributed by atoms with Gasteiger partial charge in [0.1, 0.15) is 0 Å². The van der Waals surface area contributed by atoms with Gasteiger partial charge in [-0.05, 0) is 49.1 Å². The smallest absolute Gasteiger partial charge is 0.306 e. The number of carbonyl (C=O) groups is 3. The molecule has 28 heavy (non-hydrogen) atoms. The predicted molar refractivity (Wildman–Crippen MR) is 103 cm³/mol. The minimum Gasteiger partial charge on any atom is -0.481 e. The van der Waals surface area contributed by atoms with Crippen molar-refractivity contribution in [3.63, 3.8) is 0 Å². The second kappa shape index (κ2) is 8.29. The van der Waals surface area contributed by atoms with Crippen LogP contribution >= 0.6 is 0 Å². The molecule has 2 heterocycles. The quantitative estimate of drug-likeness (QED) is 0.821. The zero-order valence-electron chi connectivity index (χ0n) is 16.0. The van der Waals surface area contributed by atoms with Crippen molar-refractivity contribution in [1.82, 2.24) is 4.90 Å². The first kappa shape index (κ1) is 19.7. The fourth-order valence-corrected chi connectivity index (χ4v) is 3.35. The minimum atomic E-state index is -0.802. The SMILES string of the molecule is CC(C)c1ccoc1C(=O)Nc1ccc(C(=O)N2CCC(C(=O)O)CC2)cc1. The summed E-state index contributed by atoms with van der Waals surface area (Å²) in [5.74, 6) is -1.18.